The van der Waals surface area contributed by atoms with E-state index in [0.29, 0.717) is 5.92 Å². The average Bonchev–Trinajstić information content (AvgIpc) is 2.28. The first kappa shape index (κ1) is 13.0. The van der Waals surface area contributed by atoms with E-state index < -0.39 is 0 Å². The van der Waals surface area contributed by atoms with E-state index in [1.54, 1.807) is 6.07 Å². The van der Waals surface area contributed by atoms with E-state index in [0.717, 1.165) is 18.4 Å². The Hall–Kier alpha value is -1.09. The van der Waals surface area contributed by atoms with Crippen LogP contribution in [0, 0.1) is 11.7 Å². The van der Waals surface area contributed by atoms with E-state index in [9.17, 15) is 4.39 Å². The molecule has 0 bridgehead atoms. The van der Waals surface area contributed by atoms with Crippen LogP contribution in [0.15, 0.2) is 18.2 Å². The van der Waals surface area contributed by atoms with Crippen molar-refractivity contribution in [3.8, 4) is 5.75 Å². The van der Waals surface area contributed by atoms with Crippen molar-refractivity contribution in [2.75, 3.05) is 7.11 Å². The monoisotopic (exact) mass is 225 g/mol. The highest BCUT2D eigenvalue weighted by atomic mass is 19.1. The summed E-state index contributed by atoms with van der Waals surface area (Å²) < 4.78 is 18.3. The minimum absolute atomic E-state index is 0.102. The summed E-state index contributed by atoms with van der Waals surface area (Å²) in [6, 6.07) is 4.82. The molecule has 0 saturated heterocycles. The summed E-state index contributed by atoms with van der Waals surface area (Å²) in [4.78, 5) is 0. The van der Waals surface area contributed by atoms with Gasteiger partial charge < -0.3 is 10.5 Å². The Morgan fingerprint density at radius 1 is 1.44 bits per heavy atom. The van der Waals surface area contributed by atoms with Gasteiger partial charge in [-0.1, -0.05) is 26.3 Å². The van der Waals surface area contributed by atoms with Crippen LogP contribution < -0.4 is 10.5 Å². The number of ether oxygens (including phenoxy) is 1. The molecule has 0 aliphatic heterocycles. The van der Waals surface area contributed by atoms with Gasteiger partial charge in [-0.05, 0) is 30.0 Å². The number of benzene rings is 1. The summed E-state index contributed by atoms with van der Waals surface area (Å²) in [5.74, 6) is 0.472. The molecular formula is C13H20FNO. The van der Waals surface area contributed by atoms with Gasteiger partial charge in [-0.2, -0.15) is 0 Å². The molecule has 0 radical (unpaired) electrons. The first-order chi connectivity index (χ1) is 7.58. The Balaban J connectivity index is 2.76. The van der Waals surface area contributed by atoms with Gasteiger partial charge in [0.1, 0.15) is 0 Å². The Labute approximate surface area is 96.6 Å². The molecule has 1 aromatic rings. The zero-order chi connectivity index (χ0) is 12.1. The predicted molar refractivity (Wildman–Crippen MR) is 64.0 cm³/mol. The van der Waals surface area contributed by atoms with Crippen LogP contribution in [0.2, 0.25) is 0 Å². The fourth-order valence-corrected chi connectivity index (χ4v) is 1.65. The van der Waals surface area contributed by atoms with Crippen LogP contribution in [0.4, 0.5) is 4.39 Å². The zero-order valence-electron chi connectivity index (χ0n) is 10.2. The van der Waals surface area contributed by atoms with Crippen LogP contribution in [0.5, 0.6) is 5.75 Å². The van der Waals surface area contributed by atoms with Gasteiger partial charge in [-0.25, -0.2) is 4.39 Å². The van der Waals surface area contributed by atoms with Crippen LogP contribution in [0.1, 0.15) is 38.3 Å². The van der Waals surface area contributed by atoms with Crippen molar-refractivity contribution in [3.63, 3.8) is 0 Å². The van der Waals surface area contributed by atoms with Crippen molar-refractivity contribution >= 4 is 0 Å². The summed E-state index contributed by atoms with van der Waals surface area (Å²) in [5.41, 5.74) is 6.86. The number of hydrogen-bond acceptors (Lipinski definition) is 2. The molecule has 0 heterocycles. The minimum Gasteiger partial charge on any atom is -0.494 e. The molecular weight excluding hydrogens is 205 g/mol. The topological polar surface area (TPSA) is 35.2 Å². The van der Waals surface area contributed by atoms with E-state index in [1.165, 1.54) is 13.2 Å². The van der Waals surface area contributed by atoms with Gasteiger partial charge in [0.25, 0.3) is 0 Å². The molecule has 0 aromatic heterocycles. The molecule has 16 heavy (non-hydrogen) atoms. The number of methoxy groups -OCH3 is 1. The highest BCUT2D eigenvalue weighted by molar-refractivity contribution is 5.30. The number of rotatable bonds is 5. The lowest BCUT2D eigenvalue weighted by Crippen LogP contribution is -2.14. The molecule has 0 saturated carbocycles. The molecule has 1 rings (SSSR count). The fraction of sp³-hybridized carbons (Fsp3) is 0.538. The third-order valence-corrected chi connectivity index (χ3v) is 2.96. The van der Waals surface area contributed by atoms with Crippen molar-refractivity contribution in [1.82, 2.24) is 0 Å². The third-order valence-electron chi connectivity index (χ3n) is 2.96. The average molecular weight is 225 g/mol. The lowest BCUT2D eigenvalue weighted by molar-refractivity contribution is 0.385. The van der Waals surface area contributed by atoms with Gasteiger partial charge in [0.2, 0.25) is 0 Å². The molecule has 0 aliphatic rings. The van der Waals surface area contributed by atoms with E-state index in [2.05, 4.69) is 13.8 Å². The van der Waals surface area contributed by atoms with Gasteiger partial charge in [0.05, 0.1) is 7.11 Å². The SMILES string of the molecule is CCC(C)CC(N)c1ccc(OC)c(F)c1. The lowest BCUT2D eigenvalue weighted by atomic mass is 9.95. The van der Waals surface area contributed by atoms with Crippen molar-refractivity contribution in [1.29, 1.82) is 0 Å². The summed E-state index contributed by atoms with van der Waals surface area (Å²) in [5, 5.41) is 0. The van der Waals surface area contributed by atoms with E-state index in [4.69, 9.17) is 10.5 Å². The molecule has 2 N–H and O–H groups in total. The standard InChI is InChI=1S/C13H20FNO/c1-4-9(2)7-12(15)10-5-6-13(16-3)11(14)8-10/h5-6,8-9,12H,4,7,15H2,1-3H3. The first-order valence-corrected chi connectivity index (χ1v) is 5.67. The molecule has 2 unspecified atom stereocenters. The predicted octanol–water partition coefficient (Wildman–Crippen LogP) is 3.27. The van der Waals surface area contributed by atoms with Gasteiger partial charge >= 0.3 is 0 Å². The van der Waals surface area contributed by atoms with Crippen molar-refractivity contribution < 1.29 is 9.13 Å². The smallest absolute Gasteiger partial charge is 0.165 e. The summed E-state index contributed by atoms with van der Waals surface area (Å²) in [6.45, 7) is 4.28. The quantitative estimate of drug-likeness (QED) is 0.834. The second-order valence-electron chi connectivity index (χ2n) is 4.25. The number of halogens is 1. The summed E-state index contributed by atoms with van der Waals surface area (Å²) >= 11 is 0. The lowest BCUT2D eigenvalue weighted by Gasteiger charge is -2.16. The Morgan fingerprint density at radius 2 is 2.12 bits per heavy atom. The first-order valence-electron chi connectivity index (χ1n) is 5.67. The largest absolute Gasteiger partial charge is 0.494 e. The van der Waals surface area contributed by atoms with Crippen LogP contribution in [-0.4, -0.2) is 7.11 Å². The number of hydrogen-bond donors (Lipinski definition) is 1. The molecule has 0 spiro atoms. The van der Waals surface area contributed by atoms with Crippen molar-refractivity contribution in [3.05, 3.63) is 29.6 Å². The highest BCUT2D eigenvalue weighted by Gasteiger charge is 2.12. The van der Waals surface area contributed by atoms with Crippen LogP contribution >= 0.6 is 0 Å². The molecule has 0 aliphatic carbocycles. The van der Waals surface area contributed by atoms with Crippen LogP contribution in [0.3, 0.4) is 0 Å². The Bertz CT molecular complexity index is 341. The Kier molecular flexibility index (Phi) is 4.74. The Morgan fingerprint density at radius 3 is 2.62 bits per heavy atom. The van der Waals surface area contributed by atoms with Gasteiger partial charge in [0.15, 0.2) is 11.6 Å². The van der Waals surface area contributed by atoms with Crippen LogP contribution in [-0.2, 0) is 0 Å². The third kappa shape index (κ3) is 3.20. The molecule has 2 nitrogen and oxygen atoms in total. The van der Waals surface area contributed by atoms with Gasteiger partial charge in [0, 0.05) is 6.04 Å². The maximum Gasteiger partial charge on any atom is 0.165 e. The molecule has 2 atom stereocenters. The van der Waals surface area contributed by atoms with Crippen LogP contribution in [0.25, 0.3) is 0 Å². The maximum absolute atomic E-state index is 13.4. The number of nitrogens with two attached hydrogens (primary N) is 1. The summed E-state index contributed by atoms with van der Waals surface area (Å²) in [6.07, 6.45) is 1.97. The molecule has 0 amide bonds. The van der Waals surface area contributed by atoms with E-state index >= 15 is 0 Å². The fourth-order valence-electron chi connectivity index (χ4n) is 1.65. The second-order valence-corrected chi connectivity index (χ2v) is 4.25. The second kappa shape index (κ2) is 5.85. The van der Waals surface area contributed by atoms with E-state index in [-0.39, 0.29) is 17.6 Å². The zero-order valence-corrected chi connectivity index (χ0v) is 10.2. The van der Waals surface area contributed by atoms with Gasteiger partial charge in [-0.3, -0.25) is 0 Å². The highest BCUT2D eigenvalue weighted by Crippen LogP contribution is 2.25. The molecule has 0 fully saturated rings. The molecule has 90 valence electrons. The molecule has 1 aromatic carbocycles. The van der Waals surface area contributed by atoms with E-state index in [1.807, 2.05) is 6.07 Å². The minimum atomic E-state index is -0.348. The van der Waals surface area contributed by atoms with Gasteiger partial charge in [-0.15, -0.1) is 0 Å². The normalized spacial score (nSPS) is 14.6. The molecule has 3 heteroatoms. The summed E-state index contributed by atoms with van der Waals surface area (Å²) in [7, 11) is 1.46. The van der Waals surface area contributed by atoms with Crippen molar-refractivity contribution in [2.24, 2.45) is 11.7 Å². The maximum atomic E-state index is 13.4. The van der Waals surface area contributed by atoms with Crippen molar-refractivity contribution in [2.45, 2.75) is 32.7 Å².